The summed E-state index contributed by atoms with van der Waals surface area (Å²) in [5.41, 5.74) is 1.09. The number of hydrogen-bond donors (Lipinski definition) is 1. The standard InChI is InChI=1S/C25H21F3N4O4S/c26-25(27,28)19-9-7-16(8-10-19)18-12-20(31-30-14-18)15-29-24(33)21-5-3-11-32(21)37(34,35)23-13-17-4-1-2-6-22(17)36-23/h1-2,4,6-10,12-14,21H,3,5,11,15H2,(H,29,33)/t21-/m0/s1. The molecule has 2 aromatic carbocycles. The molecule has 0 radical (unpaired) electrons. The first kappa shape index (κ1) is 24.9. The molecule has 4 aromatic rings. The van der Waals surface area contributed by atoms with Crippen LogP contribution in [0.3, 0.4) is 0 Å². The molecule has 3 heterocycles. The van der Waals surface area contributed by atoms with Crippen molar-refractivity contribution in [3.05, 3.63) is 78.1 Å². The number of carbonyl (C=O) groups is 1. The van der Waals surface area contributed by atoms with Crippen LogP contribution in [-0.4, -0.2) is 41.4 Å². The van der Waals surface area contributed by atoms with Crippen molar-refractivity contribution in [1.82, 2.24) is 19.8 Å². The number of hydrogen-bond acceptors (Lipinski definition) is 6. The summed E-state index contributed by atoms with van der Waals surface area (Å²) in [5, 5.41) is 11.0. The van der Waals surface area contributed by atoms with Crippen molar-refractivity contribution in [3.8, 4) is 11.1 Å². The molecular formula is C25H21F3N4O4S. The molecule has 1 N–H and O–H groups in total. The van der Waals surface area contributed by atoms with Crippen LogP contribution in [0.4, 0.5) is 13.2 Å². The highest BCUT2D eigenvalue weighted by Crippen LogP contribution is 2.32. The van der Waals surface area contributed by atoms with Gasteiger partial charge in [0.1, 0.15) is 11.6 Å². The predicted molar refractivity (Wildman–Crippen MR) is 127 cm³/mol. The van der Waals surface area contributed by atoms with Gasteiger partial charge in [-0.3, -0.25) is 4.79 Å². The maximum atomic E-state index is 13.2. The van der Waals surface area contributed by atoms with Crippen LogP contribution >= 0.6 is 0 Å². The lowest BCUT2D eigenvalue weighted by Crippen LogP contribution is -2.45. The van der Waals surface area contributed by atoms with E-state index < -0.39 is 33.7 Å². The summed E-state index contributed by atoms with van der Waals surface area (Å²) >= 11 is 0. The number of benzene rings is 2. The SMILES string of the molecule is O=C(NCc1cc(-c2ccc(C(F)(F)F)cc2)cnn1)[C@@H]1CCCN1S(=O)(=O)c1cc2ccccc2o1. The molecule has 0 unspecified atom stereocenters. The lowest BCUT2D eigenvalue weighted by Gasteiger charge is -2.22. The van der Waals surface area contributed by atoms with Gasteiger partial charge in [0.15, 0.2) is 0 Å². The van der Waals surface area contributed by atoms with Crippen molar-refractivity contribution < 1.29 is 30.8 Å². The van der Waals surface area contributed by atoms with Crippen molar-refractivity contribution in [2.75, 3.05) is 6.54 Å². The Kier molecular flexibility index (Phi) is 6.46. The Morgan fingerprint density at radius 2 is 1.84 bits per heavy atom. The Bertz CT molecular complexity index is 1520. The van der Waals surface area contributed by atoms with Gasteiger partial charge in [-0.2, -0.15) is 27.7 Å². The number of para-hydroxylation sites is 1. The van der Waals surface area contributed by atoms with Gasteiger partial charge in [-0.1, -0.05) is 30.3 Å². The van der Waals surface area contributed by atoms with Crippen LogP contribution in [0.2, 0.25) is 0 Å². The van der Waals surface area contributed by atoms with E-state index in [0.717, 1.165) is 16.4 Å². The average molecular weight is 531 g/mol. The summed E-state index contributed by atoms with van der Waals surface area (Å²) < 4.78 is 71.6. The highest BCUT2D eigenvalue weighted by molar-refractivity contribution is 7.89. The molecule has 0 saturated carbocycles. The Hall–Kier alpha value is -3.77. The number of halogens is 3. The molecule has 1 aliphatic heterocycles. The van der Waals surface area contributed by atoms with Crippen LogP contribution in [0.5, 0.6) is 0 Å². The van der Waals surface area contributed by atoms with Crippen LogP contribution in [0, 0.1) is 0 Å². The van der Waals surface area contributed by atoms with Crippen LogP contribution < -0.4 is 5.32 Å². The van der Waals surface area contributed by atoms with E-state index in [2.05, 4.69) is 15.5 Å². The minimum absolute atomic E-state index is 0.0324. The van der Waals surface area contributed by atoms with Gasteiger partial charge in [0.05, 0.1) is 24.0 Å². The molecule has 37 heavy (non-hydrogen) atoms. The van der Waals surface area contributed by atoms with E-state index in [1.54, 1.807) is 30.3 Å². The second-order valence-electron chi connectivity index (χ2n) is 8.61. The molecule has 12 heteroatoms. The van der Waals surface area contributed by atoms with Gasteiger partial charge in [0, 0.05) is 23.6 Å². The van der Waals surface area contributed by atoms with Crippen molar-refractivity contribution >= 4 is 26.9 Å². The molecule has 192 valence electrons. The number of amides is 1. The number of rotatable bonds is 6. The van der Waals surface area contributed by atoms with E-state index in [1.165, 1.54) is 24.4 Å². The molecule has 0 spiro atoms. The van der Waals surface area contributed by atoms with Crippen LogP contribution in [0.25, 0.3) is 22.1 Å². The first-order valence-corrected chi connectivity index (χ1v) is 12.8. The third kappa shape index (κ3) is 5.07. The maximum Gasteiger partial charge on any atom is 0.416 e. The molecule has 1 fully saturated rings. The fraction of sp³-hybridized carbons (Fsp3) is 0.240. The molecule has 2 aromatic heterocycles. The molecule has 1 aliphatic rings. The molecule has 5 rings (SSSR count). The minimum atomic E-state index is -4.43. The van der Waals surface area contributed by atoms with Gasteiger partial charge in [-0.15, -0.1) is 0 Å². The first-order valence-electron chi connectivity index (χ1n) is 11.4. The average Bonchev–Trinajstić information content (AvgIpc) is 3.55. The quantitative estimate of drug-likeness (QED) is 0.397. The van der Waals surface area contributed by atoms with Gasteiger partial charge in [0.25, 0.3) is 10.0 Å². The second-order valence-corrected chi connectivity index (χ2v) is 10.4. The zero-order valence-corrected chi connectivity index (χ0v) is 20.1. The van der Waals surface area contributed by atoms with Gasteiger partial charge >= 0.3 is 6.18 Å². The van der Waals surface area contributed by atoms with E-state index in [-0.39, 0.29) is 18.2 Å². The molecule has 1 saturated heterocycles. The largest absolute Gasteiger partial charge is 0.443 e. The van der Waals surface area contributed by atoms with Crippen molar-refractivity contribution in [2.45, 2.75) is 36.7 Å². The second kappa shape index (κ2) is 9.60. The zero-order valence-electron chi connectivity index (χ0n) is 19.3. The monoisotopic (exact) mass is 530 g/mol. The van der Waals surface area contributed by atoms with E-state index in [4.69, 9.17) is 4.42 Å². The Labute approximate surface area is 210 Å². The van der Waals surface area contributed by atoms with Gasteiger partial charge in [-0.05, 0) is 42.7 Å². The molecular weight excluding hydrogens is 509 g/mol. The fourth-order valence-electron chi connectivity index (χ4n) is 4.29. The van der Waals surface area contributed by atoms with Crippen LogP contribution in [-0.2, 0) is 27.5 Å². The van der Waals surface area contributed by atoms with Crippen LogP contribution in [0.15, 0.2) is 76.4 Å². The fourth-order valence-corrected chi connectivity index (χ4v) is 5.90. The number of sulfonamides is 1. The Morgan fingerprint density at radius 1 is 1.08 bits per heavy atom. The number of furan rings is 1. The summed E-state index contributed by atoms with van der Waals surface area (Å²) in [4.78, 5) is 13.0. The summed E-state index contributed by atoms with van der Waals surface area (Å²) in [5.74, 6) is -0.487. The van der Waals surface area contributed by atoms with Crippen molar-refractivity contribution in [3.63, 3.8) is 0 Å². The van der Waals surface area contributed by atoms with Crippen molar-refractivity contribution in [1.29, 1.82) is 0 Å². The van der Waals surface area contributed by atoms with Gasteiger partial charge < -0.3 is 9.73 Å². The molecule has 0 bridgehead atoms. The zero-order chi connectivity index (χ0) is 26.2. The Morgan fingerprint density at radius 3 is 2.57 bits per heavy atom. The lowest BCUT2D eigenvalue weighted by atomic mass is 10.1. The molecule has 1 amide bonds. The maximum absolute atomic E-state index is 13.2. The van der Waals surface area contributed by atoms with E-state index >= 15 is 0 Å². The third-order valence-corrected chi connectivity index (χ3v) is 7.93. The van der Waals surface area contributed by atoms with Gasteiger partial charge in [-0.25, -0.2) is 8.42 Å². The van der Waals surface area contributed by atoms with Gasteiger partial charge in [0.2, 0.25) is 11.0 Å². The minimum Gasteiger partial charge on any atom is -0.443 e. The number of aromatic nitrogens is 2. The molecule has 0 aliphatic carbocycles. The highest BCUT2D eigenvalue weighted by atomic mass is 32.2. The number of nitrogens with zero attached hydrogens (tertiary/aromatic N) is 3. The molecule has 8 nitrogen and oxygen atoms in total. The highest BCUT2D eigenvalue weighted by Gasteiger charge is 2.41. The number of nitrogens with one attached hydrogen (secondary N) is 1. The smallest absolute Gasteiger partial charge is 0.416 e. The topological polar surface area (TPSA) is 105 Å². The normalized spacial score (nSPS) is 16.8. The molecule has 1 atom stereocenters. The predicted octanol–water partition coefficient (Wildman–Crippen LogP) is 4.38. The summed E-state index contributed by atoms with van der Waals surface area (Å²) in [6.07, 6.45) is -2.16. The number of carbonyl (C=O) groups excluding carboxylic acids is 1. The van der Waals surface area contributed by atoms with E-state index in [0.29, 0.717) is 40.6 Å². The summed E-state index contributed by atoms with van der Waals surface area (Å²) in [7, 11) is -4.04. The van der Waals surface area contributed by atoms with Crippen molar-refractivity contribution in [2.24, 2.45) is 0 Å². The first-order chi connectivity index (χ1) is 17.6. The van der Waals surface area contributed by atoms with Crippen LogP contribution in [0.1, 0.15) is 24.1 Å². The number of fused-ring (bicyclic) bond motifs is 1. The Balaban J connectivity index is 1.28. The third-order valence-electron chi connectivity index (χ3n) is 6.17. The van der Waals surface area contributed by atoms with E-state index in [1.807, 2.05) is 0 Å². The lowest BCUT2D eigenvalue weighted by molar-refractivity contribution is -0.137. The number of alkyl halides is 3. The summed E-state index contributed by atoms with van der Waals surface area (Å²) in [6, 6.07) is 13.7. The van der Waals surface area contributed by atoms with E-state index in [9.17, 15) is 26.4 Å². The summed E-state index contributed by atoms with van der Waals surface area (Å²) in [6.45, 7) is 0.149.